The Kier molecular flexibility index (Phi) is 6.50. The van der Waals surface area contributed by atoms with Gasteiger partial charge in [0.1, 0.15) is 23.3 Å². The van der Waals surface area contributed by atoms with E-state index in [1.807, 2.05) is 0 Å². The van der Waals surface area contributed by atoms with Gasteiger partial charge in [-0.2, -0.15) is 13.9 Å². The van der Waals surface area contributed by atoms with Crippen molar-refractivity contribution in [2.24, 2.45) is 0 Å². The van der Waals surface area contributed by atoms with Gasteiger partial charge in [-0.25, -0.2) is 14.1 Å². The number of rotatable bonds is 7. The summed E-state index contributed by atoms with van der Waals surface area (Å²) in [7, 11) is 0. The van der Waals surface area contributed by atoms with Gasteiger partial charge in [-0.15, -0.1) is 0 Å². The number of aliphatic hydroxyl groups is 1. The number of ether oxygens (including phenoxy) is 1. The predicted molar refractivity (Wildman–Crippen MR) is 126 cm³/mol. The summed E-state index contributed by atoms with van der Waals surface area (Å²) in [5.74, 6) is -0.261. The van der Waals surface area contributed by atoms with Crippen molar-refractivity contribution < 1.29 is 23.0 Å². The topological polar surface area (TPSA) is 85.4 Å². The Balaban J connectivity index is 1.24. The Morgan fingerprint density at radius 3 is 2.42 bits per heavy atom. The Bertz CT molecular complexity index is 1400. The average Bonchev–Trinajstić information content (AvgIpc) is 3.29. The van der Waals surface area contributed by atoms with Gasteiger partial charge >= 0.3 is 6.61 Å². The molecule has 5 rings (SSSR count). The highest BCUT2D eigenvalue weighted by Crippen LogP contribution is 2.26. The minimum absolute atomic E-state index is 0.101. The SMILES string of the molecule is O=c1c2cnn(-c3ccc(F)cc3)c2ncn1CC1(O)CCN(Cc2ccc(OC(F)F)cc2)CC1. The van der Waals surface area contributed by atoms with Crippen LogP contribution in [-0.2, 0) is 13.1 Å². The number of alkyl halides is 2. The van der Waals surface area contributed by atoms with Crippen LogP contribution in [0.25, 0.3) is 16.7 Å². The van der Waals surface area contributed by atoms with Gasteiger partial charge in [-0.3, -0.25) is 14.3 Å². The van der Waals surface area contributed by atoms with E-state index < -0.39 is 12.2 Å². The molecule has 0 unspecified atom stereocenters. The highest BCUT2D eigenvalue weighted by atomic mass is 19.3. The van der Waals surface area contributed by atoms with Crippen LogP contribution in [0.5, 0.6) is 5.75 Å². The number of nitrogens with zero attached hydrogens (tertiary/aromatic N) is 5. The summed E-state index contributed by atoms with van der Waals surface area (Å²) in [6.07, 6.45) is 3.74. The molecule has 1 saturated heterocycles. The Morgan fingerprint density at radius 2 is 1.75 bits per heavy atom. The molecule has 1 aliphatic heterocycles. The summed E-state index contributed by atoms with van der Waals surface area (Å²) in [6, 6.07) is 12.2. The third kappa shape index (κ3) is 5.12. The fourth-order valence-electron chi connectivity index (χ4n) is 4.47. The molecule has 0 aliphatic carbocycles. The number of aromatic nitrogens is 4. The molecule has 36 heavy (non-hydrogen) atoms. The molecule has 2 aromatic carbocycles. The maximum Gasteiger partial charge on any atom is 0.387 e. The van der Waals surface area contributed by atoms with E-state index in [2.05, 4.69) is 19.7 Å². The van der Waals surface area contributed by atoms with E-state index in [4.69, 9.17) is 0 Å². The van der Waals surface area contributed by atoms with E-state index in [9.17, 15) is 23.1 Å². The standard InChI is InChI=1S/C25H24F3N5O3/c26-18-3-5-19(6-4-18)33-22-21(13-30-33)23(34)32(16-29-22)15-25(35)9-11-31(12-10-25)14-17-1-7-20(8-2-17)36-24(27)28/h1-8,13,16,24,35H,9-12,14-15H2. The Labute approximate surface area is 204 Å². The Hall–Kier alpha value is -3.70. The first-order chi connectivity index (χ1) is 17.3. The zero-order chi connectivity index (χ0) is 25.3. The maximum atomic E-state index is 13.3. The molecule has 0 bridgehead atoms. The minimum Gasteiger partial charge on any atom is -0.435 e. The van der Waals surface area contributed by atoms with E-state index in [1.54, 1.807) is 24.3 Å². The third-order valence-electron chi connectivity index (χ3n) is 6.43. The number of benzene rings is 2. The van der Waals surface area contributed by atoms with Gasteiger partial charge in [-0.1, -0.05) is 12.1 Å². The van der Waals surface area contributed by atoms with Crippen molar-refractivity contribution in [3.63, 3.8) is 0 Å². The monoisotopic (exact) mass is 499 g/mol. The maximum absolute atomic E-state index is 13.3. The molecule has 1 N–H and O–H groups in total. The average molecular weight is 499 g/mol. The lowest BCUT2D eigenvalue weighted by Gasteiger charge is -2.38. The highest BCUT2D eigenvalue weighted by molar-refractivity contribution is 5.74. The zero-order valence-corrected chi connectivity index (χ0v) is 19.2. The number of hydrogen-bond acceptors (Lipinski definition) is 6. The molecule has 4 aromatic rings. The summed E-state index contributed by atoms with van der Waals surface area (Å²) >= 11 is 0. The van der Waals surface area contributed by atoms with E-state index >= 15 is 0 Å². The molecule has 0 radical (unpaired) electrons. The van der Waals surface area contributed by atoms with Crippen molar-refractivity contribution in [3.05, 3.63) is 82.8 Å². The number of halogens is 3. The summed E-state index contributed by atoms with van der Waals surface area (Å²) in [6.45, 7) is -0.923. The van der Waals surface area contributed by atoms with Crippen LogP contribution in [-0.4, -0.2) is 54.6 Å². The molecule has 188 valence electrons. The van der Waals surface area contributed by atoms with Crippen LogP contribution < -0.4 is 10.3 Å². The largest absolute Gasteiger partial charge is 0.435 e. The molecular weight excluding hydrogens is 475 g/mol. The second-order valence-electron chi connectivity index (χ2n) is 8.97. The zero-order valence-electron chi connectivity index (χ0n) is 19.2. The molecule has 11 heteroatoms. The molecular formula is C25H24F3N5O3. The van der Waals surface area contributed by atoms with E-state index in [-0.39, 0.29) is 23.7 Å². The molecule has 1 aliphatic rings. The lowest BCUT2D eigenvalue weighted by molar-refractivity contribution is -0.0498. The molecule has 2 aromatic heterocycles. The molecule has 3 heterocycles. The van der Waals surface area contributed by atoms with Crippen LogP contribution in [0.15, 0.2) is 65.8 Å². The van der Waals surface area contributed by atoms with Gasteiger partial charge in [0.25, 0.3) is 5.56 Å². The summed E-state index contributed by atoms with van der Waals surface area (Å²) in [5.41, 5.74) is 0.506. The molecule has 1 fully saturated rings. The quantitative estimate of drug-likeness (QED) is 0.420. The number of likely N-dealkylation sites (tertiary alicyclic amines) is 1. The van der Waals surface area contributed by atoms with Crippen LogP contribution >= 0.6 is 0 Å². The molecule has 0 amide bonds. The van der Waals surface area contributed by atoms with Crippen molar-refractivity contribution in [2.45, 2.75) is 38.1 Å². The van der Waals surface area contributed by atoms with Gasteiger partial charge in [0.15, 0.2) is 5.65 Å². The van der Waals surface area contributed by atoms with E-state index in [0.29, 0.717) is 49.2 Å². The molecule has 0 saturated carbocycles. The van der Waals surface area contributed by atoms with Crippen LogP contribution in [0.1, 0.15) is 18.4 Å². The summed E-state index contributed by atoms with van der Waals surface area (Å²) in [5, 5.41) is 15.7. The third-order valence-corrected chi connectivity index (χ3v) is 6.43. The summed E-state index contributed by atoms with van der Waals surface area (Å²) in [4.78, 5) is 19.6. The van der Waals surface area contributed by atoms with Gasteiger partial charge in [0, 0.05) is 19.6 Å². The highest BCUT2D eigenvalue weighted by Gasteiger charge is 2.33. The Morgan fingerprint density at radius 1 is 1.06 bits per heavy atom. The van der Waals surface area contributed by atoms with E-state index in [0.717, 1.165) is 5.56 Å². The fourth-order valence-corrected chi connectivity index (χ4v) is 4.47. The second kappa shape index (κ2) is 9.75. The van der Waals surface area contributed by atoms with Gasteiger partial charge < -0.3 is 9.84 Å². The lowest BCUT2D eigenvalue weighted by atomic mass is 9.91. The molecule has 0 atom stereocenters. The number of fused-ring (bicyclic) bond motifs is 1. The summed E-state index contributed by atoms with van der Waals surface area (Å²) < 4.78 is 45.1. The first kappa shape index (κ1) is 24.0. The molecule has 8 nitrogen and oxygen atoms in total. The lowest BCUT2D eigenvalue weighted by Crippen LogP contribution is -2.47. The van der Waals surface area contributed by atoms with Crippen LogP contribution in [0.2, 0.25) is 0 Å². The second-order valence-corrected chi connectivity index (χ2v) is 8.97. The number of hydrogen-bond donors (Lipinski definition) is 1. The van der Waals surface area contributed by atoms with Gasteiger partial charge in [-0.05, 0) is 54.8 Å². The first-order valence-corrected chi connectivity index (χ1v) is 11.5. The van der Waals surface area contributed by atoms with Crippen molar-refractivity contribution in [1.82, 2.24) is 24.2 Å². The normalized spacial score (nSPS) is 16.0. The van der Waals surface area contributed by atoms with Crippen molar-refractivity contribution in [1.29, 1.82) is 0 Å². The fraction of sp³-hybridized carbons (Fsp3) is 0.320. The number of piperidine rings is 1. The smallest absolute Gasteiger partial charge is 0.387 e. The predicted octanol–water partition coefficient (Wildman–Crippen LogP) is 3.35. The van der Waals surface area contributed by atoms with Gasteiger partial charge in [0.2, 0.25) is 0 Å². The minimum atomic E-state index is -2.86. The van der Waals surface area contributed by atoms with Crippen LogP contribution in [0, 0.1) is 5.82 Å². The van der Waals surface area contributed by atoms with Crippen LogP contribution in [0.3, 0.4) is 0 Å². The van der Waals surface area contributed by atoms with Crippen molar-refractivity contribution >= 4 is 11.0 Å². The van der Waals surface area contributed by atoms with E-state index in [1.165, 1.54) is 46.0 Å². The van der Waals surface area contributed by atoms with Gasteiger partial charge in [0.05, 0.1) is 24.0 Å². The molecule has 0 spiro atoms. The first-order valence-electron chi connectivity index (χ1n) is 11.5. The van der Waals surface area contributed by atoms with Crippen molar-refractivity contribution in [2.75, 3.05) is 13.1 Å². The van der Waals surface area contributed by atoms with Crippen molar-refractivity contribution in [3.8, 4) is 11.4 Å². The van der Waals surface area contributed by atoms with Crippen LogP contribution in [0.4, 0.5) is 13.2 Å².